The minimum absolute atomic E-state index is 0.166. The molecule has 0 spiro atoms. The number of benzene rings is 2. The average molecular weight is 395 g/mol. The molecule has 0 N–H and O–H groups in total. The average Bonchev–Trinajstić information content (AvgIpc) is 3.34. The van der Waals surface area contributed by atoms with Crippen LogP contribution in [0.25, 0.3) is 16.3 Å². The minimum Gasteiger partial charge on any atom is -0.467 e. The first-order valence-electron chi connectivity index (χ1n) is 8.32. The zero-order chi connectivity index (χ0) is 18.6. The summed E-state index contributed by atoms with van der Waals surface area (Å²) in [6.45, 7) is 0.304. The van der Waals surface area contributed by atoms with Gasteiger partial charge in [-0.2, -0.15) is 0 Å². The number of thiazole rings is 1. The molecule has 0 unspecified atom stereocenters. The summed E-state index contributed by atoms with van der Waals surface area (Å²) in [5.74, 6) is 0.522. The lowest BCUT2D eigenvalue weighted by atomic mass is 10.2. The highest BCUT2D eigenvalue weighted by Gasteiger charge is 2.19. The molecule has 0 aliphatic heterocycles. The number of furan rings is 1. The third-order valence-corrected chi connectivity index (χ3v) is 5.22. The Morgan fingerprint density at radius 3 is 2.78 bits per heavy atom. The molecule has 134 valence electrons. The van der Waals surface area contributed by atoms with Gasteiger partial charge in [0.1, 0.15) is 5.76 Å². The molecular weight excluding hydrogens is 380 g/mol. The zero-order valence-corrected chi connectivity index (χ0v) is 15.8. The largest absolute Gasteiger partial charge is 0.467 e. The summed E-state index contributed by atoms with van der Waals surface area (Å²) in [6.07, 6.45) is 4.94. The molecule has 2 aromatic carbocycles. The molecule has 4 rings (SSSR count). The first kappa shape index (κ1) is 17.5. The van der Waals surface area contributed by atoms with Gasteiger partial charge in [0.05, 0.1) is 23.0 Å². The number of hydrogen-bond acceptors (Lipinski definition) is 4. The zero-order valence-electron chi connectivity index (χ0n) is 14.2. The van der Waals surface area contributed by atoms with E-state index in [1.54, 1.807) is 35.4 Å². The van der Waals surface area contributed by atoms with E-state index in [-0.39, 0.29) is 5.91 Å². The van der Waals surface area contributed by atoms with Gasteiger partial charge in [-0.1, -0.05) is 53.3 Å². The topological polar surface area (TPSA) is 46.3 Å². The van der Waals surface area contributed by atoms with Crippen molar-refractivity contribution < 1.29 is 9.21 Å². The fourth-order valence-corrected chi connectivity index (χ4v) is 3.87. The number of anilines is 1. The van der Waals surface area contributed by atoms with Gasteiger partial charge in [-0.3, -0.25) is 9.69 Å². The summed E-state index contributed by atoms with van der Waals surface area (Å²) in [6, 6.07) is 18.8. The van der Waals surface area contributed by atoms with E-state index in [0.717, 1.165) is 15.8 Å². The first-order valence-corrected chi connectivity index (χ1v) is 9.51. The van der Waals surface area contributed by atoms with E-state index < -0.39 is 0 Å². The van der Waals surface area contributed by atoms with Crippen molar-refractivity contribution in [1.29, 1.82) is 0 Å². The maximum atomic E-state index is 12.9. The van der Waals surface area contributed by atoms with Crippen molar-refractivity contribution in [2.45, 2.75) is 6.54 Å². The van der Waals surface area contributed by atoms with Crippen molar-refractivity contribution in [2.75, 3.05) is 4.90 Å². The predicted molar refractivity (Wildman–Crippen MR) is 110 cm³/mol. The molecule has 4 nitrogen and oxygen atoms in total. The van der Waals surface area contributed by atoms with Gasteiger partial charge in [-0.25, -0.2) is 4.98 Å². The number of rotatable bonds is 5. The third kappa shape index (κ3) is 4.10. The number of amides is 1. The molecule has 0 aliphatic rings. The second-order valence-corrected chi connectivity index (χ2v) is 7.30. The number of carbonyl (C=O) groups is 1. The number of aromatic nitrogens is 1. The van der Waals surface area contributed by atoms with E-state index in [9.17, 15) is 4.79 Å². The van der Waals surface area contributed by atoms with Crippen LogP contribution < -0.4 is 4.90 Å². The van der Waals surface area contributed by atoms with E-state index in [4.69, 9.17) is 16.0 Å². The molecule has 0 atom stereocenters. The number of hydrogen-bond donors (Lipinski definition) is 0. The quantitative estimate of drug-likeness (QED) is 0.402. The van der Waals surface area contributed by atoms with Crippen molar-refractivity contribution in [3.8, 4) is 0 Å². The van der Waals surface area contributed by atoms with Gasteiger partial charge in [0.25, 0.3) is 5.91 Å². The van der Waals surface area contributed by atoms with Crippen LogP contribution >= 0.6 is 22.9 Å². The van der Waals surface area contributed by atoms with Crippen LogP contribution in [0.2, 0.25) is 5.02 Å². The van der Waals surface area contributed by atoms with Crippen LogP contribution in [-0.4, -0.2) is 10.9 Å². The van der Waals surface area contributed by atoms with Crippen molar-refractivity contribution in [1.82, 2.24) is 4.98 Å². The highest BCUT2D eigenvalue weighted by atomic mass is 35.5. The molecule has 6 heteroatoms. The van der Waals surface area contributed by atoms with Crippen LogP contribution in [0.15, 0.2) is 77.4 Å². The molecule has 0 saturated heterocycles. The Hall–Kier alpha value is -2.89. The van der Waals surface area contributed by atoms with E-state index in [2.05, 4.69) is 4.98 Å². The summed E-state index contributed by atoms with van der Waals surface area (Å²) >= 11 is 7.50. The second-order valence-electron chi connectivity index (χ2n) is 5.86. The maximum absolute atomic E-state index is 12.9. The number of nitrogens with zero attached hydrogens (tertiary/aromatic N) is 2. The lowest BCUT2D eigenvalue weighted by molar-refractivity contribution is -0.114. The van der Waals surface area contributed by atoms with Crippen LogP contribution in [0.1, 0.15) is 11.3 Å². The van der Waals surface area contributed by atoms with Crippen molar-refractivity contribution in [2.24, 2.45) is 0 Å². The van der Waals surface area contributed by atoms with E-state index in [1.165, 1.54) is 11.3 Å². The summed E-state index contributed by atoms with van der Waals surface area (Å²) in [7, 11) is 0. The third-order valence-electron chi connectivity index (χ3n) is 3.95. The molecule has 27 heavy (non-hydrogen) atoms. The lowest BCUT2D eigenvalue weighted by Crippen LogP contribution is -2.28. The Labute approximate surface area is 165 Å². The lowest BCUT2D eigenvalue weighted by Gasteiger charge is -2.16. The predicted octanol–water partition coefficient (Wildman–Crippen LogP) is 5.79. The molecule has 2 aromatic heterocycles. The molecule has 0 bridgehead atoms. The monoisotopic (exact) mass is 394 g/mol. The van der Waals surface area contributed by atoms with Crippen molar-refractivity contribution in [3.05, 3.63) is 89.3 Å². The Morgan fingerprint density at radius 1 is 1.15 bits per heavy atom. The van der Waals surface area contributed by atoms with E-state index in [1.807, 2.05) is 48.5 Å². The first-order chi connectivity index (χ1) is 13.2. The normalized spacial score (nSPS) is 11.3. The van der Waals surface area contributed by atoms with Gasteiger partial charge in [0, 0.05) is 11.1 Å². The van der Waals surface area contributed by atoms with E-state index >= 15 is 0 Å². The van der Waals surface area contributed by atoms with Gasteiger partial charge < -0.3 is 4.42 Å². The van der Waals surface area contributed by atoms with Gasteiger partial charge in [-0.05, 0) is 42.0 Å². The fraction of sp³-hybridized carbons (Fsp3) is 0.0476. The van der Waals surface area contributed by atoms with Crippen LogP contribution in [0, 0.1) is 0 Å². The SMILES string of the molecule is O=C(/C=C/c1ccccc1)N(Cc1ccco1)c1nc2ccc(Cl)cc2s1. The van der Waals surface area contributed by atoms with Crippen LogP contribution in [0.3, 0.4) is 0 Å². The van der Waals surface area contributed by atoms with Gasteiger partial charge in [-0.15, -0.1) is 0 Å². The number of halogens is 1. The summed E-state index contributed by atoms with van der Waals surface area (Å²) in [5.41, 5.74) is 1.77. The summed E-state index contributed by atoms with van der Waals surface area (Å²) in [5, 5.41) is 1.25. The Kier molecular flexibility index (Phi) is 5.05. The molecule has 0 saturated carbocycles. The van der Waals surface area contributed by atoms with Crippen LogP contribution in [-0.2, 0) is 11.3 Å². The highest BCUT2D eigenvalue weighted by molar-refractivity contribution is 7.22. The molecule has 1 amide bonds. The summed E-state index contributed by atoms with van der Waals surface area (Å²) in [4.78, 5) is 19.1. The van der Waals surface area contributed by atoms with Gasteiger partial charge in [0.15, 0.2) is 5.13 Å². The van der Waals surface area contributed by atoms with Crippen molar-refractivity contribution in [3.63, 3.8) is 0 Å². The molecular formula is C21H15ClN2O2S. The Bertz CT molecular complexity index is 1090. The fourth-order valence-electron chi connectivity index (χ4n) is 2.62. The standard InChI is InChI=1S/C21H15ClN2O2S/c22-16-9-10-18-19(13-16)27-21(23-18)24(14-17-7-4-12-26-17)20(25)11-8-15-5-2-1-3-6-15/h1-13H,14H2/b11-8+. The Balaban J connectivity index is 1.67. The second kappa shape index (κ2) is 7.78. The summed E-state index contributed by atoms with van der Waals surface area (Å²) < 4.78 is 6.36. The number of fused-ring (bicyclic) bond motifs is 1. The molecule has 0 aliphatic carbocycles. The van der Waals surface area contributed by atoms with Crippen LogP contribution in [0.5, 0.6) is 0 Å². The van der Waals surface area contributed by atoms with Crippen molar-refractivity contribution >= 4 is 50.3 Å². The maximum Gasteiger partial charge on any atom is 0.253 e. The molecule has 0 radical (unpaired) electrons. The molecule has 2 heterocycles. The molecule has 4 aromatic rings. The van der Waals surface area contributed by atoms with Gasteiger partial charge in [0.2, 0.25) is 0 Å². The minimum atomic E-state index is -0.166. The Morgan fingerprint density at radius 2 is 2.00 bits per heavy atom. The van der Waals surface area contributed by atoms with Crippen LogP contribution in [0.4, 0.5) is 5.13 Å². The smallest absolute Gasteiger partial charge is 0.253 e. The van der Waals surface area contributed by atoms with E-state index in [0.29, 0.717) is 22.5 Å². The number of carbonyl (C=O) groups excluding carboxylic acids is 1. The molecule has 0 fully saturated rings. The highest BCUT2D eigenvalue weighted by Crippen LogP contribution is 2.31. The van der Waals surface area contributed by atoms with Gasteiger partial charge >= 0.3 is 0 Å².